The van der Waals surface area contributed by atoms with Crippen LogP contribution in [0.2, 0.25) is 0 Å². The van der Waals surface area contributed by atoms with E-state index in [1.807, 2.05) is 64.9 Å². The summed E-state index contributed by atoms with van der Waals surface area (Å²) in [6.45, 7) is 0.661. The zero-order valence-electron chi connectivity index (χ0n) is 14.8. The summed E-state index contributed by atoms with van der Waals surface area (Å²) in [5.74, 6) is -0.323. The number of fused-ring (bicyclic) bond motifs is 1. The van der Waals surface area contributed by atoms with Crippen LogP contribution < -0.4 is 10.2 Å². The molecule has 0 fully saturated rings. The number of para-hydroxylation sites is 1. The predicted molar refractivity (Wildman–Crippen MR) is 108 cm³/mol. The van der Waals surface area contributed by atoms with Gasteiger partial charge in [0.2, 0.25) is 0 Å². The molecule has 1 atom stereocenters. The van der Waals surface area contributed by atoms with E-state index in [4.69, 9.17) is 0 Å². The molecule has 4 rings (SSSR count). The maximum absolute atomic E-state index is 13.5. The highest BCUT2D eigenvalue weighted by Gasteiger charge is 2.31. The lowest BCUT2D eigenvalue weighted by atomic mass is 9.99. The molecule has 0 aliphatic carbocycles. The van der Waals surface area contributed by atoms with Crippen molar-refractivity contribution in [2.45, 2.75) is 18.9 Å². The first-order valence-corrected chi connectivity index (χ1v) is 9.90. The van der Waals surface area contributed by atoms with Crippen LogP contribution in [0.15, 0.2) is 72.1 Å². The fourth-order valence-electron chi connectivity index (χ4n) is 3.46. The number of hydrogen-bond donors (Lipinski definition) is 1. The van der Waals surface area contributed by atoms with Gasteiger partial charge in [-0.2, -0.15) is 0 Å². The quantitative estimate of drug-likeness (QED) is 0.742. The number of carbonyl (C=O) groups is 2. The smallest absolute Gasteiger partial charge is 0.262 e. The van der Waals surface area contributed by atoms with E-state index >= 15 is 0 Å². The van der Waals surface area contributed by atoms with E-state index < -0.39 is 6.04 Å². The van der Waals surface area contributed by atoms with Gasteiger partial charge in [0.05, 0.1) is 4.88 Å². The lowest BCUT2D eigenvalue weighted by Gasteiger charge is -2.32. The molecule has 0 saturated carbocycles. The van der Waals surface area contributed by atoms with Crippen LogP contribution in [0.3, 0.4) is 0 Å². The monoisotopic (exact) mass is 376 g/mol. The number of benzene rings is 2. The summed E-state index contributed by atoms with van der Waals surface area (Å²) in [6, 6.07) is 20.3. The van der Waals surface area contributed by atoms with Crippen LogP contribution in [0.1, 0.15) is 33.3 Å². The Morgan fingerprint density at radius 1 is 0.963 bits per heavy atom. The van der Waals surface area contributed by atoms with E-state index in [0.717, 1.165) is 24.1 Å². The number of hydrogen-bond acceptors (Lipinski definition) is 3. The largest absolute Gasteiger partial charge is 0.336 e. The maximum Gasteiger partial charge on any atom is 0.262 e. The Morgan fingerprint density at radius 3 is 2.52 bits per heavy atom. The molecule has 2 heterocycles. The van der Waals surface area contributed by atoms with Crippen molar-refractivity contribution in [1.82, 2.24) is 5.32 Å². The second-order valence-corrected chi connectivity index (χ2v) is 7.46. The summed E-state index contributed by atoms with van der Waals surface area (Å²) >= 11 is 1.37. The average Bonchev–Trinajstić information content (AvgIpc) is 3.27. The summed E-state index contributed by atoms with van der Waals surface area (Å²) in [6.07, 6.45) is 1.89. The van der Waals surface area contributed by atoms with Gasteiger partial charge in [-0.15, -0.1) is 11.3 Å². The summed E-state index contributed by atoms with van der Waals surface area (Å²) < 4.78 is 0. The molecule has 5 heteroatoms. The summed E-state index contributed by atoms with van der Waals surface area (Å²) in [5, 5.41) is 4.80. The number of thiophene rings is 1. The summed E-state index contributed by atoms with van der Waals surface area (Å²) in [7, 11) is 0. The molecule has 136 valence electrons. The molecule has 2 amide bonds. The Labute approximate surface area is 162 Å². The van der Waals surface area contributed by atoms with Gasteiger partial charge < -0.3 is 10.2 Å². The van der Waals surface area contributed by atoms with Gasteiger partial charge in [-0.1, -0.05) is 54.6 Å². The number of rotatable bonds is 4. The number of anilines is 1. The van der Waals surface area contributed by atoms with E-state index in [-0.39, 0.29) is 11.8 Å². The Bertz CT molecular complexity index is 938. The third-order valence-corrected chi connectivity index (χ3v) is 5.65. The van der Waals surface area contributed by atoms with Crippen molar-refractivity contribution in [3.8, 4) is 0 Å². The first kappa shape index (κ1) is 17.5. The molecule has 3 aromatic rings. The van der Waals surface area contributed by atoms with Gasteiger partial charge in [-0.25, -0.2) is 0 Å². The van der Waals surface area contributed by atoms with E-state index in [1.165, 1.54) is 16.9 Å². The van der Waals surface area contributed by atoms with Crippen LogP contribution in [0.25, 0.3) is 0 Å². The molecule has 0 unspecified atom stereocenters. The molecule has 2 aromatic carbocycles. The summed E-state index contributed by atoms with van der Waals surface area (Å²) in [5.41, 5.74) is 2.91. The normalized spacial score (nSPS) is 14.3. The molecule has 27 heavy (non-hydrogen) atoms. The van der Waals surface area contributed by atoms with Crippen molar-refractivity contribution in [1.29, 1.82) is 0 Å². The molecular formula is C22H20N2O2S. The van der Waals surface area contributed by atoms with Crippen LogP contribution in [-0.4, -0.2) is 18.4 Å². The van der Waals surface area contributed by atoms with Crippen LogP contribution in [0.5, 0.6) is 0 Å². The van der Waals surface area contributed by atoms with Gasteiger partial charge in [-0.3, -0.25) is 9.59 Å². The molecule has 1 aromatic heterocycles. The second kappa shape index (κ2) is 7.76. The SMILES string of the molecule is O=C(N[C@H](C(=O)N1CCCc2ccccc21)c1ccccc1)c1cccs1. The van der Waals surface area contributed by atoms with E-state index in [9.17, 15) is 9.59 Å². The molecule has 0 spiro atoms. The Balaban J connectivity index is 1.67. The van der Waals surface area contributed by atoms with Crippen LogP contribution >= 0.6 is 11.3 Å². The van der Waals surface area contributed by atoms with Crippen LogP contribution in [0.4, 0.5) is 5.69 Å². The maximum atomic E-state index is 13.5. The first-order valence-electron chi connectivity index (χ1n) is 9.02. The van der Waals surface area contributed by atoms with Crippen molar-refractivity contribution in [3.63, 3.8) is 0 Å². The van der Waals surface area contributed by atoms with Crippen molar-refractivity contribution in [2.75, 3.05) is 11.4 Å². The fraction of sp³-hybridized carbons (Fsp3) is 0.182. The average molecular weight is 376 g/mol. The lowest BCUT2D eigenvalue weighted by molar-refractivity contribution is -0.120. The van der Waals surface area contributed by atoms with Crippen molar-refractivity contribution >= 4 is 28.8 Å². The molecule has 1 N–H and O–H groups in total. The minimum atomic E-state index is -0.716. The van der Waals surface area contributed by atoms with Crippen molar-refractivity contribution in [3.05, 3.63) is 88.1 Å². The van der Waals surface area contributed by atoms with Crippen LogP contribution in [0, 0.1) is 0 Å². The molecule has 1 aliphatic rings. The predicted octanol–water partition coefficient (Wildman–Crippen LogP) is 4.20. The third-order valence-electron chi connectivity index (χ3n) is 4.78. The van der Waals surface area contributed by atoms with Gasteiger partial charge in [0.25, 0.3) is 11.8 Å². The zero-order chi connectivity index (χ0) is 18.6. The highest BCUT2D eigenvalue weighted by Crippen LogP contribution is 2.29. The van der Waals surface area contributed by atoms with Gasteiger partial charge in [0.1, 0.15) is 6.04 Å². The van der Waals surface area contributed by atoms with Gasteiger partial charge in [-0.05, 0) is 41.5 Å². The molecule has 4 nitrogen and oxygen atoms in total. The minimum absolute atomic E-state index is 0.0988. The molecule has 0 bridgehead atoms. The fourth-order valence-corrected chi connectivity index (χ4v) is 4.09. The molecule has 0 radical (unpaired) electrons. The number of carbonyl (C=O) groups excluding carboxylic acids is 2. The van der Waals surface area contributed by atoms with Crippen LogP contribution in [-0.2, 0) is 11.2 Å². The van der Waals surface area contributed by atoms with Crippen molar-refractivity contribution in [2.24, 2.45) is 0 Å². The van der Waals surface area contributed by atoms with E-state index in [1.54, 1.807) is 6.07 Å². The number of aryl methyl sites for hydroxylation is 1. The molecular weight excluding hydrogens is 356 g/mol. The van der Waals surface area contributed by atoms with Gasteiger partial charge in [0.15, 0.2) is 0 Å². The summed E-state index contributed by atoms with van der Waals surface area (Å²) in [4.78, 5) is 28.5. The Morgan fingerprint density at radius 2 is 1.74 bits per heavy atom. The zero-order valence-corrected chi connectivity index (χ0v) is 15.6. The van der Waals surface area contributed by atoms with E-state index in [2.05, 4.69) is 11.4 Å². The van der Waals surface area contributed by atoms with Gasteiger partial charge >= 0.3 is 0 Å². The lowest BCUT2D eigenvalue weighted by Crippen LogP contribution is -2.45. The minimum Gasteiger partial charge on any atom is -0.336 e. The highest BCUT2D eigenvalue weighted by molar-refractivity contribution is 7.12. The highest BCUT2D eigenvalue weighted by atomic mass is 32.1. The number of nitrogens with zero attached hydrogens (tertiary/aromatic N) is 1. The second-order valence-electron chi connectivity index (χ2n) is 6.52. The standard InChI is InChI=1S/C22H20N2O2S/c25-21(19-13-7-15-27-19)23-20(17-9-2-1-3-10-17)22(26)24-14-6-11-16-8-4-5-12-18(16)24/h1-5,7-10,12-13,15,20H,6,11,14H2,(H,23,25)/t20-/m0/s1. The number of nitrogens with one attached hydrogen (secondary N) is 1. The number of amides is 2. The van der Waals surface area contributed by atoms with Crippen molar-refractivity contribution < 1.29 is 9.59 Å². The molecule has 1 aliphatic heterocycles. The molecule has 0 saturated heterocycles. The Hall–Kier alpha value is -2.92. The van der Waals surface area contributed by atoms with E-state index in [0.29, 0.717) is 11.4 Å². The van der Waals surface area contributed by atoms with Gasteiger partial charge in [0, 0.05) is 12.2 Å². The Kier molecular flexibility index (Phi) is 5.03. The third kappa shape index (κ3) is 3.64. The topological polar surface area (TPSA) is 49.4 Å². The first-order chi connectivity index (χ1) is 13.2.